The van der Waals surface area contributed by atoms with Gasteiger partial charge in [0.05, 0.1) is 0 Å². The van der Waals surface area contributed by atoms with Crippen molar-refractivity contribution >= 4 is 11.6 Å². The highest BCUT2D eigenvalue weighted by atomic mass is 16.1. The fraction of sp³-hybridized carbons (Fsp3) is 0.588. The van der Waals surface area contributed by atoms with Crippen molar-refractivity contribution in [3.8, 4) is 0 Å². The minimum absolute atomic E-state index is 0.0136. The molecule has 0 spiro atoms. The predicted molar refractivity (Wildman–Crippen MR) is 83.6 cm³/mol. The van der Waals surface area contributed by atoms with Crippen LogP contribution in [0.15, 0.2) is 24.3 Å². The van der Waals surface area contributed by atoms with Crippen LogP contribution in [0.3, 0.4) is 0 Å². The maximum absolute atomic E-state index is 11.2. The molecule has 110 valence electrons. The molecule has 3 heteroatoms. The van der Waals surface area contributed by atoms with Gasteiger partial charge in [-0.25, -0.2) is 0 Å². The Morgan fingerprint density at radius 3 is 2.75 bits per heavy atom. The van der Waals surface area contributed by atoms with E-state index in [1.807, 2.05) is 18.2 Å². The molecule has 0 radical (unpaired) electrons. The van der Waals surface area contributed by atoms with Gasteiger partial charge in [0.15, 0.2) is 0 Å². The van der Waals surface area contributed by atoms with Gasteiger partial charge in [-0.15, -0.1) is 0 Å². The van der Waals surface area contributed by atoms with Gasteiger partial charge in [-0.3, -0.25) is 4.79 Å². The van der Waals surface area contributed by atoms with Crippen molar-refractivity contribution in [3.63, 3.8) is 0 Å². The van der Waals surface area contributed by atoms with Crippen LogP contribution in [0.25, 0.3) is 0 Å². The second-order valence-corrected chi connectivity index (χ2v) is 5.94. The molecule has 2 rings (SSSR count). The number of rotatable bonds is 4. The number of para-hydroxylation sites is 1. The Balaban J connectivity index is 1.97. The second-order valence-electron chi connectivity index (χ2n) is 5.94. The molecule has 1 aromatic carbocycles. The SMILES string of the molecule is CC(=O)Nc1ccccc1CNC1CCCCCC1C. The van der Waals surface area contributed by atoms with Gasteiger partial charge in [0.2, 0.25) is 5.91 Å². The molecule has 2 atom stereocenters. The van der Waals surface area contributed by atoms with Crippen molar-refractivity contribution in [1.82, 2.24) is 5.32 Å². The molecule has 1 fully saturated rings. The van der Waals surface area contributed by atoms with Crippen molar-refractivity contribution in [2.24, 2.45) is 5.92 Å². The van der Waals surface area contributed by atoms with E-state index in [2.05, 4.69) is 23.6 Å². The highest BCUT2D eigenvalue weighted by molar-refractivity contribution is 5.89. The Bertz CT molecular complexity index is 444. The van der Waals surface area contributed by atoms with Gasteiger partial charge >= 0.3 is 0 Å². The van der Waals surface area contributed by atoms with Crippen LogP contribution in [0.2, 0.25) is 0 Å². The van der Waals surface area contributed by atoms with Gasteiger partial charge in [-0.1, -0.05) is 44.4 Å². The van der Waals surface area contributed by atoms with Crippen molar-refractivity contribution in [1.29, 1.82) is 0 Å². The van der Waals surface area contributed by atoms with Crippen molar-refractivity contribution < 1.29 is 4.79 Å². The molecule has 1 aromatic rings. The minimum Gasteiger partial charge on any atom is -0.326 e. The number of carbonyl (C=O) groups excluding carboxylic acids is 1. The van der Waals surface area contributed by atoms with E-state index in [-0.39, 0.29) is 5.91 Å². The molecule has 2 N–H and O–H groups in total. The average Bonchev–Trinajstić information content (AvgIpc) is 2.62. The van der Waals surface area contributed by atoms with Crippen LogP contribution in [0.4, 0.5) is 5.69 Å². The standard InChI is InChI=1S/C17H26N2O/c1-13-8-4-3-5-10-16(13)18-12-15-9-6-7-11-17(15)19-14(2)20/h6-7,9,11,13,16,18H,3-5,8,10,12H2,1-2H3,(H,19,20). The quantitative estimate of drug-likeness (QED) is 0.822. The number of anilines is 1. The number of hydrogen-bond acceptors (Lipinski definition) is 2. The molecule has 2 unspecified atom stereocenters. The summed E-state index contributed by atoms with van der Waals surface area (Å²) in [5.41, 5.74) is 2.09. The molecule has 1 aliphatic rings. The lowest BCUT2D eigenvalue weighted by Gasteiger charge is -2.23. The van der Waals surface area contributed by atoms with E-state index >= 15 is 0 Å². The summed E-state index contributed by atoms with van der Waals surface area (Å²) < 4.78 is 0. The third-order valence-corrected chi connectivity index (χ3v) is 4.24. The van der Waals surface area contributed by atoms with E-state index < -0.39 is 0 Å². The number of carbonyl (C=O) groups is 1. The van der Waals surface area contributed by atoms with Gasteiger partial charge in [0.1, 0.15) is 0 Å². The van der Waals surface area contributed by atoms with Crippen LogP contribution >= 0.6 is 0 Å². The predicted octanol–water partition coefficient (Wildman–Crippen LogP) is 3.70. The molecule has 0 aliphatic heterocycles. The maximum Gasteiger partial charge on any atom is 0.221 e. The van der Waals surface area contributed by atoms with Crippen LogP contribution in [-0.2, 0) is 11.3 Å². The molecule has 0 bridgehead atoms. The largest absolute Gasteiger partial charge is 0.326 e. The number of nitrogens with one attached hydrogen (secondary N) is 2. The third-order valence-electron chi connectivity index (χ3n) is 4.24. The van der Waals surface area contributed by atoms with E-state index in [9.17, 15) is 4.79 Å². The van der Waals surface area contributed by atoms with Crippen molar-refractivity contribution in [3.05, 3.63) is 29.8 Å². The monoisotopic (exact) mass is 274 g/mol. The van der Waals surface area contributed by atoms with Crippen LogP contribution in [-0.4, -0.2) is 11.9 Å². The Kier molecular flexibility index (Phi) is 5.60. The molecule has 3 nitrogen and oxygen atoms in total. The normalized spacial score (nSPS) is 23.1. The summed E-state index contributed by atoms with van der Waals surface area (Å²) in [6.45, 7) is 4.73. The molecular weight excluding hydrogens is 248 g/mol. The van der Waals surface area contributed by atoms with Gasteiger partial charge in [0, 0.05) is 25.2 Å². The molecule has 20 heavy (non-hydrogen) atoms. The van der Waals surface area contributed by atoms with Crippen LogP contribution in [0.5, 0.6) is 0 Å². The fourth-order valence-electron chi connectivity index (χ4n) is 3.02. The van der Waals surface area contributed by atoms with Crippen LogP contribution < -0.4 is 10.6 Å². The zero-order chi connectivity index (χ0) is 14.4. The first-order valence-corrected chi connectivity index (χ1v) is 7.75. The Labute approximate surface area is 122 Å². The molecule has 0 heterocycles. The number of benzene rings is 1. The first kappa shape index (κ1) is 15.0. The fourth-order valence-corrected chi connectivity index (χ4v) is 3.02. The summed E-state index contributed by atoms with van der Waals surface area (Å²) in [5, 5.41) is 6.60. The van der Waals surface area contributed by atoms with E-state index in [0.29, 0.717) is 6.04 Å². The topological polar surface area (TPSA) is 41.1 Å². The molecule has 1 amide bonds. The highest BCUT2D eigenvalue weighted by Gasteiger charge is 2.19. The van der Waals surface area contributed by atoms with Gasteiger partial charge in [-0.2, -0.15) is 0 Å². The molecule has 1 saturated carbocycles. The summed E-state index contributed by atoms with van der Waals surface area (Å²) in [7, 11) is 0. The molecule has 1 aliphatic carbocycles. The van der Waals surface area contributed by atoms with E-state index in [1.54, 1.807) is 6.92 Å². The van der Waals surface area contributed by atoms with Crippen molar-refractivity contribution in [2.75, 3.05) is 5.32 Å². The smallest absolute Gasteiger partial charge is 0.221 e. The van der Waals surface area contributed by atoms with E-state index in [1.165, 1.54) is 37.7 Å². The summed E-state index contributed by atoms with van der Waals surface area (Å²) in [4.78, 5) is 11.2. The lowest BCUT2D eigenvalue weighted by atomic mass is 9.96. The average molecular weight is 274 g/mol. The van der Waals surface area contributed by atoms with E-state index in [4.69, 9.17) is 0 Å². The first-order valence-electron chi connectivity index (χ1n) is 7.75. The number of amides is 1. The Morgan fingerprint density at radius 2 is 1.95 bits per heavy atom. The van der Waals surface area contributed by atoms with E-state index in [0.717, 1.165) is 18.2 Å². The molecule has 0 saturated heterocycles. The van der Waals surface area contributed by atoms with Crippen molar-refractivity contribution in [2.45, 2.75) is 58.5 Å². The lowest BCUT2D eigenvalue weighted by molar-refractivity contribution is -0.114. The Hall–Kier alpha value is -1.35. The van der Waals surface area contributed by atoms with Crippen LogP contribution in [0, 0.1) is 5.92 Å². The van der Waals surface area contributed by atoms with Gasteiger partial charge in [-0.05, 0) is 30.4 Å². The van der Waals surface area contributed by atoms with Gasteiger partial charge < -0.3 is 10.6 Å². The summed E-state index contributed by atoms with van der Waals surface area (Å²) >= 11 is 0. The molecule has 0 aromatic heterocycles. The summed E-state index contributed by atoms with van der Waals surface area (Å²) in [6.07, 6.45) is 6.65. The second kappa shape index (κ2) is 7.44. The van der Waals surface area contributed by atoms with Crippen LogP contribution in [0.1, 0.15) is 51.5 Å². The van der Waals surface area contributed by atoms with Gasteiger partial charge in [0.25, 0.3) is 0 Å². The zero-order valence-corrected chi connectivity index (χ0v) is 12.6. The lowest BCUT2D eigenvalue weighted by Crippen LogP contribution is -2.34. The highest BCUT2D eigenvalue weighted by Crippen LogP contribution is 2.24. The third kappa shape index (κ3) is 4.34. The minimum atomic E-state index is -0.0136. The number of hydrogen-bond donors (Lipinski definition) is 2. The molecular formula is C17H26N2O. The maximum atomic E-state index is 11.2. The summed E-state index contributed by atoms with van der Waals surface area (Å²) in [5.74, 6) is 0.728. The zero-order valence-electron chi connectivity index (χ0n) is 12.6. The summed E-state index contributed by atoms with van der Waals surface area (Å²) in [6, 6.07) is 8.64. The first-order chi connectivity index (χ1) is 9.66. The Morgan fingerprint density at radius 1 is 1.20 bits per heavy atom.